The minimum Gasteiger partial charge on any atom is -0.358 e. The summed E-state index contributed by atoms with van der Waals surface area (Å²) < 4.78 is -0.0301. The van der Waals surface area contributed by atoms with Crippen LogP contribution in [0.1, 0.15) is 27.7 Å². The van der Waals surface area contributed by atoms with Gasteiger partial charge in [0.2, 0.25) is 5.78 Å². The van der Waals surface area contributed by atoms with Crippen LogP contribution < -0.4 is 0 Å². The molecular weight excluding hydrogens is 317 g/mol. The summed E-state index contributed by atoms with van der Waals surface area (Å²) >= 11 is 2.22. The van der Waals surface area contributed by atoms with Gasteiger partial charge in [0, 0.05) is 18.3 Å². The summed E-state index contributed by atoms with van der Waals surface area (Å²) in [6, 6.07) is 0.191. The topological polar surface area (TPSA) is 60.0 Å². The lowest BCUT2D eigenvalue weighted by Gasteiger charge is -2.38. The van der Waals surface area contributed by atoms with Crippen LogP contribution in [0.4, 0.5) is 0 Å². The highest BCUT2D eigenvalue weighted by Gasteiger charge is 2.43. The lowest BCUT2D eigenvalue weighted by molar-refractivity contribution is 0.104. The van der Waals surface area contributed by atoms with Gasteiger partial charge in [-0.2, -0.15) is 0 Å². The van der Waals surface area contributed by atoms with Crippen LogP contribution in [-0.2, 0) is 6.42 Å². The number of hydrogen-bond acceptors (Lipinski definition) is 3. The molecule has 2 aliphatic rings. The lowest BCUT2D eigenvalue weighted by Crippen LogP contribution is -2.45. The van der Waals surface area contributed by atoms with Crippen LogP contribution >= 0.6 is 22.6 Å². The third kappa shape index (κ3) is 1.18. The van der Waals surface area contributed by atoms with Crippen molar-refractivity contribution < 1.29 is 4.79 Å². The summed E-state index contributed by atoms with van der Waals surface area (Å²) in [5.74, 6) is -0.132. The molecule has 84 valence electrons. The standard InChI is InChI=1S/C11H12IN3O/c1-15-3-2-5-4-14-9-6(5)10(15)7(12)8(13)11(9)16/h4,7,10,13-14H,2-3H2,1H3. The Labute approximate surface area is 107 Å². The van der Waals surface area contributed by atoms with Gasteiger partial charge < -0.3 is 4.98 Å². The SMILES string of the molecule is CN1CCc2c[nH]c3c2C1C(I)C(=N)C3=O. The molecule has 0 bridgehead atoms. The Hall–Kier alpha value is -0.690. The molecule has 2 unspecified atom stereocenters. The maximum absolute atomic E-state index is 12.0. The summed E-state index contributed by atoms with van der Waals surface area (Å²) in [7, 11) is 2.07. The number of nitrogens with one attached hydrogen (secondary N) is 2. The molecule has 0 saturated carbocycles. The van der Waals surface area contributed by atoms with Gasteiger partial charge in [0.1, 0.15) is 0 Å². The Balaban J connectivity index is 2.25. The zero-order valence-corrected chi connectivity index (χ0v) is 11.0. The smallest absolute Gasteiger partial charge is 0.224 e. The van der Waals surface area contributed by atoms with Crippen LogP contribution in [-0.4, -0.2) is 38.9 Å². The molecule has 2 atom stereocenters. The molecule has 0 spiro atoms. The zero-order chi connectivity index (χ0) is 11.4. The fourth-order valence-corrected chi connectivity index (χ4v) is 3.84. The number of rotatable bonds is 0. The Morgan fingerprint density at radius 2 is 2.38 bits per heavy atom. The monoisotopic (exact) mass is 329 g/mol. The normalized spacial score (nSPS) is 29.4. The van der Waals surface area contributed by atoms with Crippen molar-refractivity contribution in [3.05, 3.63) is 23.0 Å². The molecule has 0 saturated heterocycles. The molecule has 1 aliphatic carbocycles. The molecule has 16 heavy (non-hydrogen) atoms. The second kappa shape index (κ2) is 3.40. The largest absolute Gasteiger partial charge is 0.358 e. The summed E-state index contributed by atoms with van der Waals surface area (Å²) in [6.07, 6.45) is 2.92. The fourth-order valence-electron chi connectivity index (χ4n) is 2.65. The molecule has 0 aromatic carbocycles. The fraction of sp³-hybridized carbons (Fsp3) is 0.455. The predicted octanol–water partition coefficient (Wildman–Crippen LogP) is 1.56. The van der Waals surface area contributed by atoms with Crippen LogP contribution in [0.2, 0.25) is 0 Å². The maximum atomic E-state index is 12.0. The van der Waals surface area contributed by atoms with Gasteiger partial charge in [-0.15, -0.1) is 0 Å². The van der Waals surface area contributed by atoms with Gasteiger partial charge in [0.25, 0.3) is 0 Å². The van der Waals surface area contributed by atoms with Gasteiger partial charge in [-0.1, -0.05) is 22.6 Å². The van der Waals surface area contributed by atoms with Crippen LogP contribution in [0.3, 0.4) is 0 Å². The first-order chi connectivity index (χ1) is 7.61. The van der Waals surface area contributed by atoms with E-state index in [2.05, 4.69) is 39.5 Å². The summed E-state index contributed by atoms with van der Waals surface area (Å²) in [5, 5.41) is 7.88. The molecular formula is C11H12IN3O. The van der Waals surface area contributed by atoms with E-state index in [1.165, 1.54) is 5.56 Å². The number of carbonyl (C=O) groups is 1. The van der Waals surface area contributed by atoms with Gasteiger partial charge in [0.05, 0.1) is 21.4 Å². The Bertz CT molecular complexity index is 493. The minimum atomic E-state index is -0.132. The molecule has 0 fully saturated rings. The van der Waals surface area contributed by atoms with E-state index in [-0.39, 0.29) is 21.5 Å². The molecule has 1 aliphatic heterocycles. The van der Waals surface area contributed by atoms with Gasteiger partial charge >= 0.3 is 0 Å². The van der Waals surface area contributed by atoms with Crippen molar-refractivity contribution in [3.63, 3.8) is 0 Å². The third-order valence-corrected chi connectivity index (χ3v) is 4.84. The van der Waals surface area contributed by atoms with Gasteiger partial charge in [-0.05, 0) is 19.0 Å². The van der Waals surface area contributed by atoms with E-state index in [9.17, 15) is 4.79 Å². The molecule has 2 heterocycles. The number of nitrogens with zero attached hydrogens (tertiary/aromatic N) is 1. The molecule has 1 aromatic rings. The number of hydrogen-bond donors (Lipinski definition) is 2. The van der Waals surface area contributed by atoms with Crippen molar-refractivity contribution >= 4 is 34.1 Å². The van der Waals surface area contributed by atoms with E-state index in [0.717, 1.165) is 18.5 Å². The highest BCUT2D eigenvalue weighted by Crippen LogP contribution is 2.40. The first-order valence-corrected chi connectivity index (χ1v) is 6.53. The number of halogens is 1. The Kier molecular flexibility index (Phi) is 2.22. The van der Waals surface area contributed by atoms with Crippen molar-refractivity contribution in [2.75, 3.05) is 13.6 Å². The number of aromatic nitrogens is 1. The van der Waals surface area contributed by atoms with Gasteiger partial charge in [-0.25, -0.2) is 0 Å². The third-order valence-electron chi connectivity index (χ3n) is 3.54. The molecule has 3 rings (SSSR count). The number of likely N-dealkylation sites (N-methyl/N-ethyl adjacent to an activating group) is 1. The summed E-state index contributed by atoms with van der Waals surface area (Å²) in [6.45, 7) is 0.996. The minimum absolute atomic E-state index is 0.0301. The Morgan fingerprint density at radius 3 is 3.12 bits per heavy atom. The van der Waals surface area contributed by atoms with Crippen molar-refractivity contribution in [3.8, 4) is 0 Å². The molecule has 4 nitrogen and oxygen atoms in total. The van der Waals surface area contributed by atoms with Crippen molar-refractivity contribution in [2.24, 2.45) is 0 Å². The molecule has 2 N–H and O–H groups in total. The van der Waals surface area contributed by atoms with Crippen LogP contribution in [0.25, 0.3) is 0 Å². The van der Waals surface area contributed by atoms with E-state index in [1.807, 2.05) is 6.20 Å². The average Bonchev–Trinajstić information content (AvgIpc) is 2.68. The highest BCUT2D eigenvalue weighted by molar-refractivity contribution is 14.1. The number of carbonyl (C=O) groups excluding carboxylic acids is 1. The quantitative estimate of drug-likeness (QED) is 0.561. The number of aromatic amines is 1. The van der Waals surface area contributed by atoms with E-state index in [0.29, 0.717) is 5.69 Å². The average molecular weight is 329 g/mol. The van der Waals surface area contributed by atoms with Crippen LogP contribution in [0, 0.1) is 5.41 Å². The van der Waals surface area contributed by atoms with Crippen molar-refractivity contribution in [1.82, 2.24) is 9.88 Å². The van der Waals surface area contributed by atoms with Crippen molar-refractivity contribution in [1.29, 1.82) is 5.41 Å². The summed E-state index contributed by atoms with van der Waals surface area (Å²) in [4.78, 5) is 17.2. The first-order valence-electron chi connectivity index (χ1n) is 5.29. The van der Waals surface area contributed by atoms with E-state index in [4.69, 9.17) is 5.41 Å². The Morgan fingerprint density at radius 1 is 1.62 bits per heavy atom. The van der Waals surface area contributed by atoms with Gasteiger partial charge in [0.15, 0.2) is 0 Å². The lowest BCUT2D eigenvalue weighted by atomic mass is 9.84. The molecule has 0 amide bonds. The van der Waals surface area contributed by atoms with E-state index in [1.54, 1.807) is 0 Å². The molecule has 1 aromatic heterocycles. The second-order valence-electron chi connectivity index (χ2n) is 4.42. The number of alkyl halides is 1. The second-order valence-corrected chi connectivity index (χ2v) is 5.76. The molecule has 5 heteroatoms. The number of Topliss-reactive ketones (excluding diaryl/α,β-unsaturated/α-hetero) is 1. The van der Waals surface area contributed by atoms with Gasteiger partial charge in [-0.3, -0.25) is 15.1 Å². The molecule has 0 radical (unpaired) electrons. The zero-order valence-electron chi connectivity index (χ0n) is 8.88. The van der Waals surface area contributed by atoms with Crippen molar-refractivity contribution in [2.45, 2.75) is 16.4 Å². The highest BCUT2D eigenvalue weighted by atomic mass is 127. The van der Waals surface area contributed by atoms with Crippen LogP contribution in [0.5, 0.6) is 0 Å². The van der Waals surface area contributed by atoms with E-state index >= 15 is 0 Å². The maximum Gasteiger partial charge on any atom is 0.224 e. The summed E-state index contributed by atoms with van der Waals surface area (Å²) in [5.41, 5.74) is 3.25. The predicted molar refractivity (Wildman–Crippen MR) is 69.7 cm³/mol. The number of H-pyrrole nitrogens is 1. The van der Waals surface area contributed by atoms with Crippen LogP contribution in [0.15, 0.2) is 6.20 Å². The first kappa shape index (κ1) is 10.5. The number of ketones is 1. The van der Waals surface area contributed by atoms with E-state index < -0.39 is 0 Å².